The summed E-state index contributed by atoms with van der Waals surface area (Å²) in [5.74, 6) is -3.16. The van der Waals surface area contributed by atoms with Gasteiger partial charge in [-0.25, -0.2) is 9.37 Å². The number of anilines is 1. The van der Waals surface area contributed by atoms with E-state index in [1.165, 1.54) is 18.3 Å². The fourth-order valence-electron chi connectivity index (χ4n) is 1.48. The molecule has 1 aromatic carbocycles. The Morgan fingerprint density at radius 2 is 2.00 bits per heavy atom. The van der Waals surface area contributed by atoms with Crippen LogP contribution in [0.2, 0.25) is 0 Å². The van der Waals surface area contributed by atoms with Gasteiger partial charge in [-0.15, -0.1) is 0 Å². The van der Waals surface area contributed by atoms with Gasteiger partial charge in [0, 0.05) is 18.3 Å². The summed E-state index contributed by atoms with van der Waals surface area (Å²) in [6, 6.07) is 3.88. The first kappa shape index (κ1) is 15.0. The van der Waals surface area contributed by atoms with E-state index in [2.05, 4.69) is 26.2 Å². The van der Waals surface area contributed by atoms with Gasteiger partial charge in [-0.3, -0.25) is 14.9 Å². The lowest BCUT2D eigenvalue weighted by Gasteiger charge is -2.06. The molecule has 0 bridgehead atoms. The summed E-state index contributed by atoms with van der Waals surface area (Å²) in [7, 11) is 0. The maximum atomic E-state index is 13.5. The van der Waals surface area contributed by atoms with Crippen LogP contribution in [0.15, 0.2) is 35.1 Å². The molecule has 0 unspecified atom stereocenters. The highest BCUT2D eigenvalue weighted by Gasteiger charge is 2.20. The van der Waals surface area contributed by atoms with Crippen LogP contribution in [0.3, 0.4) is 0 Å². The monoisotopic (exact) mass is 357 g/mol. The van der Waals surface area contributed by atoms with Crippen LogP contribution in [0.25, 0.3) is 0 Å². The van der Waals surface area contributed by atoms with Crippen molar-refractivity contribution in [1.82, 2.24) is 4.98 Å². The van der Waals surface area contributed by atoms with Crippen LogP contribution in [-0.4, -0.2) is 15.8 Å². The SMILES string of the molecule is O=C(Nc1cc([N+](=O)[O-])c(F)cc1F)c1ccc(Br)nc1. The van der Waals surface area contributed by atoms with Crippen LogP contribution in [-0.2, 0) is 0 Å². The smallest absolute Gasteiger partial charge is 0.307 e. The quantitative estimate of drug-likeness (QED) is 0.518. The molecule has 0 spiro atoms. The second kappa shape index (κ2) is 5.92. The summed E-state index contributed by atoms with van der Waals surface area (Å²) >= 11 is 3.09. The van der Waals surface area contributed by atoms with Crippen molar-refractivity contribution in [3.8, 4) is 0 Å². The van der Waals surface area contributed by atoms with Gasteiger partial charge in [0.25, 0.3) is 5.91 Å². The van der Waals surface area contributed by atoms with Gasteiger partial charge in [0.2, 0.25) is 5.82 Å². The Labute approximate surface area is 125 Å². The van der Waals surface area contributed by atoms with E-state index in [4.69, 9.17) is 0 Å². The number of aromatic nitrogens is 1. The predicted molar refractivity (Wildman–Crippen MR) is 72.9 cm³/mol. The third-order valence-electron chi connectivity index (χ3n) is 2.47. The maximum absolute atomic E-state index is 13.5. The van der Waals surface area contributed by atoms with E-state index in [1.807, 2.05) is 0 Å². The van der Waals surface area contributed by atoms with E-state index >= 15 is 0 Å². The number of amides is 1. The highest BCUT2D eigenvalue weighted by atomic mass is 79.9. The largest absolute Gasteiger partial charge is 0.319 e. The summed E-state index contributed by atoms with van der Waals surface area (Å²) < 4.78 is 27.2. The summed E-state index contributed by atoms with van der Waals surface area (Å²) in [6.07, 6.45) is 1.23. The molecule has 2 aromatic rings. The van der Waals surface area contributed by atoms with Crippen molar-refractivity contribution < 1.29 is 18.5 Å². The minimum Gasteiger partial charge on any atom is -0.319 e. The Balaban J connectivity index is 2.30. The molecule has 0 aliphatic carbocycles. The Bertz CT molecular complexity index is 722. The van der Waals surface area contributed by atoms with Crippen molar-refractivity contribution in [2.24, 2.45) is 0 Å². The van der Waals surface area contributed by atoms with E-state index in [0.29, 0.717) is 16.7 Å². The third kappa shape index (κ3) is 3.37. The lowest BCUT2D eigenvalue weighted by atomic mass is 10.2. The van der Waals surface area contributed by atoms with E-state index in [-0.39, 0.29) is 5.56 Å². The molecule has 0 aliphatic rings. The zero-order chi connectivity index (χ0) is 15.6. The number of rotatable bonds is 3. The Morgan fingerprint density at radius 3 is 2.57 bits per heavy atom. The topological polar surface area (TPSA) is 85.1 Å². The fraction of sp³-hybridized carbons (Fsp3) is 0. The zero-order valence-electron chi connectivity index (χ0n) is 10.1. The molecule has 1 heterocycles. The molecule has 0 atom stereocenters. The molecule has 0 saturated carbocycles. The minimum atomic E-state index is -1.32. The number of pyridine rings is 1. The number of nitrogens with zero attached hydrogens (tertiary/aromatic N) is 2. The number of benzene rings is 1. The van der Waals surface area contributed by atoms with Crippen LogP contribution in [0.1, 0.15) is 10.4 Å². The van der Waals surface area contributed by atoms with E-state index < -0.39 is 33.8 Å². The van der Waals surface area contributed by atoms with Crippen molar-refractivity contribution in [2.75, 3.05) is 5.32 Å². The number of carbonyl (C=O) groups excluding carboxylic acids is 1. The number of hydrogen-bond acceptors (Lipinski definition) is 4. The number of nitro groups is 1. The van der Waals surface area contributed by atoms with Crippen molar-refractivity contribution in [3.63, 3.8) is 0 Å². The number of nitro benzene ring substituents is 1. The van der Waals surface area contributed by atoms with Crippen molar-refractivity contribution in [2.45, 2.75) is 0 Å². The Hall–Kier alpha value is -2.42. The van der Waals surface area contributed by atoms with E-state index in [1.54, 1.807) is 0 Å². The van der Waals surface area contributed by atoms with Crippen molar-refractivity contribution >= 4 is 33.2 Å². The van der Waals surface area contributed by atoms with Crippen LogP contribution in [0.4, 0.5) is 20.2 Å². The first-order chi connectivity index (χ1) is 9.88. The molecular formula is C12H6BrF2N3O3. The molecule has 0 aliphatic heterocycles. The number of carbonyl (C=O) groups is 1. The maximum Gasteiger partial charge on any atom is 0.307 e. The molecule has 1 amide bonds. The predicted octanol–water partition coefficient (Wildman–Crippen LogP) is 3.28. The van der Waals surface area contributed by atoms with Crippen LogP contribution in [0.5, 0.6) is 0 Å². The van der Waals surface area contributed by atoms with Crippen LogP contribution >= 0.6 is 15.9 Å². The molecular weight excluding hydrogens is 352 g/mol. The number of halogens is 3. The van der Waals surface area contributed by atoms with Crippen LogP contribution in [0, 0.1) is 21.7 Å². The number of nitrogens with one attached hydrogen (secondary N) is 1. The van der Waals surface area contributed by atoms with Gasteiger partial charge < -0.3 is 5.32 Å². The number of hydrogen-bond donors (Lipinski definition) is 1. The highest BCUT2D eigenvalue weighted by molar-refractivity contribution is 9.10. The second-order valence-electron chi connectivity index (χ2n) is 3.86. The molecule has 0 fully saturated rings. The molecule has 0 saturated heterocycles. The molecule has 0 radical (unpaired) electrons. The van der Waals surface area contributed by atoms with Crippen LogP contribution < -0.4 is 5.32 Å². The molecule has 2 rings (SSSR count). The summed E-state index contributed by atoms with van der Waals surface area (Å²) in [5.41, 5.74) is -1.30. The fourth-order valence-corrected chi connectivity index (χ4v) is 1.71. The minimum absolute atomic E-state index is 0.115. The summed E-state index contributed by atoms with van der Waals surface area (Å²) in [6.45, 7) is 0. The molecule has 21 heavy (non-hydrogen) atoms. The van der Waals surface area contributed by atoms with Gasteiger partial charge in [-0.2, -0.15) is 4.39 Å². The first-order valence-electron chi connectivity index (χ1n) is 5.45. The molecule has 9 heteroatoms. The normalized spacial score (nSPS) is 10.2. The van der Waals surface area contributed by atoms with Gasteiger partial charge in [-0.05, 0) is 28.1 Å². The van der Waals surface area contributed by atoms with Gasteiger partial charge in [-0.1, -0.05) is 0 Å². The Kier molecular flexibility index (Phi) is 4.22. The van der Waals surface area contributed by atoms with Crippen molar-refractivity contribution in [3.05, 3.63) is 62.4 Å². The Morgan fingerprint density at radius 1 is 1.29 bits per heavy atom. The summed E-state index contributed by atoms with van der Waals surface area (Å²) in [5, 5.41) is 12.7. The highest BCUT2D eigenvalue weighted by Crippen LogP contribution is 2.25. The lowest BCUT2D eigenvalue weighted by Crippen LogP contribution is -2.13. The van der Waals surface area contributed by atoms with E-state index in [0.717, 1.165) is 0 Å². The van der Waals surface area contributed by atoms with Crippen molar-refractivity contribution in [1.29, 1.82) is 0 Å². The molecule has 1 aromatic heterocycles. The first-order valence-corrected chi connectivity index (χ1v) is 6.24. The van der Waals surface area contributed by atoms with Gasteiger partial charge >= 0.3 is 5.69 Å². The average molecular weight is 358 g/mol. The van der Waals surface area contributed by atoms with Gasteiger partial charge in [0.1, 0.15) is 10.4 Å². The molecule has 1 N–H and O–H groups in total. The molecule has 6 nitrogen and oxygen atoms in total. The van der Waals surface area contributed by atoms with E-state index in [9.17, 15) is 23.7 Å². The standard InChI is InChI=1S/C12H6BrF2N3O3/c13-11-2-1-6(5-16-11)12(19)17-9-4-10(18(20)21)8(15)3-7(9)14/h1-5H,(H,17,19). The zero-order valence-corrected chi connectivity index (χ0v) is 11.7. The molecule has 108 valence electrons. The second-order valence-corrected chi connectivity index (χ2v) is 4.68. The summed E-state index contributed by atoms with van der Waals surface area (Å²) in [4.78, 5) is 25.3. The van der Waals surface area contributed by atoms with Gasteiger partial charge in [0.15, 0.2) is 0 Å². The third-order valence-corrected chi connectivity index (χ3v) is 2.94. The lowest BCUT2D eigenvalue weighted by molar-refractivity contribution is -0.387. The van der Waals surface area contributed by atoms with Gasteiger partial charge in [0.05, 0.1) is 16.2 Å². The average Bonchev–Trinajstić information content (AvgIpc) is 2.42.